The maximum absolute atomic E-state index is 5.60. The van der Waals surface area contributed by atoms with Crippen molar-refractivity contribution in [3.63, 3.8) is 0 Å². The largest absolute Gasteiger partial charge is 0.356 e. The first-order valence-corrected chi connectivity index (χ1v) is 7.60. The normalized spacial score (nSPS) is 22.9. The van der Waals surface area contributed by atoms with Crippen molar-refractivity contribution < 1.29 is 0 Å². The summed E-state index contributed by atoms with van der Waals surface area (Å²) < 4.78 is 0. The summed E-state index contributed by atoms with van der Waals surface area (Å²) in [5.74, 6) is 8.39. The van der Waals surface area contributed by atoms with Gasteiger partial charge in [0.1, 0.15) is 18.0 Å². The number of aromatic nitrogens is 2. The molecule has 3 N–H and O–H groups in total. The molecule has 2 unspecified atom stereocenters. The molecule has 1 aromatic rings. The van der Waals surface area contributed by atoms with Crippen LogP contribution >= 0.6 is 0 Å². The van der Waals surface area contributed by atoms with Crippen LogP contribution in [0.25, 0.3) is 0 Å². The van der Waals surface area contributed by atoms with Crippen LogP contribution in [0, 0.1) is 5.92 Å². The fourth-order valence-electron chi connectivity index (χ4n) is 3.34. The highest BCUT2D eigenvalue weighted by molar-refractivity contribution is 5.60. The average Bonchev–Trinajstić information content (AvgIpc) is 2.46. The molecule has 0 radical (unpaired) electrons. The fourth-order valence-corrected chi connectivity index (χ4v) is 3.34. The summed E-state index contributed by atoms with van der Waals surface area (Å²) in [5, 5.41) is 0. The van der Waals surface area contributed by atoms with Gasteiger partial charge < -0.3 is 10.3 Å². The smallest absolute Gasteiger partial charge is 0.148 e. The van der Waals surface area contributed by atoms with Crippen LogP contribution < -0.4 is 16.2 Å². The minimum absolute atomic E-state index is 0.332. The van der Waals surface area contributed by atoms with Gasteiger partial charge in [-0.15, -0.1) is 0 Å². The van der Waals surface area contributed by atoms with Gasteiger partial charge in [-0.1, -0.05) is 33.6 Å². The van der Waals surface area contributed by atoms with E-state index in [1.165, 1.54) is 25.7 Å². The Labute approximate surface area is 121 Å². The summed E-state index contributed by atoms with van der Waals surface area (Å²) in [6.07, 6.45) is 6.80. The summed E-state index contributed by atoms with van der Waals surface area (Å²) in [4.78, 5) is 11.1. The Bertz CT molecular complexity index is 446. The van der Waals surface area contributed by atoms with Gasteiger partial charge in [0.2, 0.25) is 0 Å². The lowest BCUT2D eigenvalue weighted by atomic mass is 9.85. The first-order chi connectivity index (χ1) is 9.56. The van der Waals surface area contributed by atoms with E-state index in [1.54, 1.807) is 6.33 Å². The predicted molar refractivity (Wildman–Crippen MR) is 83.8 cm³/mol. The molecule has 0 aromatic carbocycles. The number of hydrogen-bond acceptors (Lipinski definition) is 5. The molecule has 1 saturated carbocycles. The fraction of sp³-hybridized carbons (Fsp3) is 0.733. The van der Waals surface area contributed by atoms with Crippen LogP contribution in [0.5, 0.6) is 0 Å². The number of hydrogen-bond donors (Lipinski definition) is 2. The number of nitrogen functional groups attached to an aromatic ring is 1. The molecule has 1 aromatic heterocycles. The highest BCUT2D eigenvalue weighted by atomic mass is 15.3. The predicted octanol–water partition coefficient (Wildman–Crippen LogP) is 2.90. The lowest BCUT2D eigenvalue weighted by molar-refractivity contribution is 0.320. The summed E-state index contributed by atoms with van der Waals surface area (Å²) >= 11 is 0. The zero-order valence-electron chi connectivity index (χ0n) is 13.1. The van der Waals surface area contributed by atoms with Crippen LogP contribution in [-0.4, -0.2) is 23.1 Å². The quantitative estimate of drug-likeness (QED) is 0.654. The molecule has 112 valence electrons. The van der Waals surface area contributed by atoms with Gasteiger partial charge in [0.15, 0.2) is 0 Å². The Morgan fingerprint density at radius 2 is 2.00 bits per heavy atom. The van der Waals surface area contributed by atoms with Crippen molar-refractivity contribution in [2.45, 2.75) is 58.4 Å². The third kappa shape index (κ3) is 2.87. The van der Waals surface area contributed by atoms with E-state index < -0.39 is 0 Å². The molecule has 0 bridgehead atoms. The van der Waals surface area contributed by atoms with Gasteiger partial charge in [0.05, 0.1) is 0 Å². The summed E-state index contributed by atoms with van der Waals surface area (Å²) in [6.45, 7) is 6.65. The Morgan fingerprint density at radius 3 is 2.60 bits per heavy atom. The first kappa shape index (κ1) is 15.0. The zero-order valence-corrected chi connectivity index (χ0v) is 13.1. The molecule has 1 fully saturated rings. The molecule has 0 saturated heterocycles. The second-order valence-electron chi connectivity index (χ2n) is 6.20. The summed E-state index contributed by atoms with van der Waals surface area (Å²) in [7, 11) is 2.15. The molecule has 0 spiro atoms. The number of hydrazine groups is 1. The van der Waals surface area contributed by atoms with Crippen LogP contribution in [-0.2, 0) is 0 Å². The average molecular weight is 277 g/mol. The van der Waals surface area contributed by atoms with Gasteiger partial charge >= 0.3 is 0 Å². The van der Waals surface area contributed by atoms with E-state index in [4.69, 9.17) is 5.84 Å². The Morgan fingerprint density at radius 1 is 1.30 bits per heavy atom. The number of nitrogens with one attached hydrogen (secondary N) is 1. The molecule has 1 aliphatic rings. The molecule has 2 atom stereocenters. The topological polar surface area (TPSA) is 67.1 Å². The zero-order chi connectivity index (χ0) is 14.7. The van der Waals surface area contributed by atoms with Crippen molar-refractivity contribution in [2.24, 2.45) is 11.8 Å². The molecule has 0 aliphatic heterocycles. The van der Waals surface area contributed by atoms with Gasteiger partial charge in [-0.3, -0.25) is 0 Å². The maximum Gasteiger partial charge on any atom is 0.148 e. The van der Waals surface area contributed by atoms with E-state index in [1.807, 2.05) is 0 Å². The molecule has 20 heavy (non-hydrogen) atoms. The summed E-state index contributed by atoms with van der Waals surface area (Å²) in [5.41, 5.74) is 3.82. The van der Waals surface area contributed by atoms with Crippen molar-refractivity contribution >= 4 is 11.6 Å². The van der Waals surface area contributed by atoms with Crippen LogP contribution in [0.2, 0.25) is 0 Å². The van der Waals surface area contributed by atoms with E-state index >= 15 is 0 Å². The monoisotopic (exact) mass is 277 g/mol. The number of nitrogens with two attached hydrogens (primary N) is 1. The van der Waals surface area contributed by atoms with Crippen molar-refractivity contribution in [2.75, 3.05) is 17.4 Å². The Balaban J connectivity index is 2.35. The van der Waals surface area contributed by atoms with Gasteiger partial charge in [0.25, 0.3) is 0 Å². The number of nitrogens with zero attached hydrogens (tertiary/aromatic N) is 3. The van der Waals surface area contributed by atoms with Gasteiger partial charge in [-0.25, -0.2) is 15.8 Å². The second-order valence-corrected chi connectivity index (χ2v) is 6.20. The Hall–Kier alpha value is -1.36. The van der Waals surface area contributed by atoms with Crippen LogP contribution in [0.3, 0.4) is 0 Å². The molecule has 1 aliphatic carbocycles. The van der Waals surface area contributed by atoms with Gasteiger partial charge in [-0.05, 0) is 24.7 Å². The second kappa shape index (κ2) is 6.39. The maximum atomic E-state index is 5.60. The first-order valence-electron chi connectivity index (χ1n) is 7.60. The third-order valence-electron chi connectivity index (χ3n) is 4.47. The number of anilines is 2. The van der Waals surface area contributed by atoms with Crippen LogP contribution in [0.1, 0.15) is 57.9 Å². The minimum atomic E-state index is 0.332. The SMILES string of the molecule is CC(C)c1c(NN)ncnc1N(C)C1CCCCC1C. The summed E-state index contributed by atoms with van der Waals surface area (Å²) in [6, 6.07) is 0.557. The van der Waals surface area contributed by atoms with Crippen molar-refractivity contribution in [1.82, 2.24) is 9.97 Å². The van der Waals surface area contributed by atoms with Crippen LogP contribution in [0.15, 0.2) is 6.33 Å². The van der Waals surface area contributed by atoms with Crippen LogP contribution in [0.4, 0.5) is 11.6 Å². The minimum Gasteiger partial charge on any atom is -0.356 e. The lowest BCUT2D eigenvalue weighted by Crippen LogP contribution is -2.40. The molecular weight excluding hydrogens is 250 g/mol. The van der Waals surface area contributed by atoms with E-state index in [0.717, 1.165) is 17.2 Å². The van der Waals surface area contributed by atoms with Crippen molar-refractivity contribution in [3.05, 3.63) is 11.9 Å². The standard InChI is InChI=1S/C15H27N5/c1-10(2)13-14(19-16)17-9-18-15(13)20(4)12-8-6-5-7-11(12)3/h9-12H,5-8,16H2,1-4H3,(H,17,18,19). The molecule has 1 heterocycles. The Kier molecular flexibility index (Phi) is 4.81. The van der Waals surface area contributed by atoms with Gasteiger partial charge in [0, 0.05) is 18.7 Å². The van der Waals surface area contributed by atoms with Gasteiger partial charge in [-0.2, -0.15) is 0 Å². The van der Waals surface area contributed by atoms with Crippen molar-refractivity contribution in [1.29, 1.82) is 0 Å². The molecule has 2 rings (SSSR count). The molecule has 5 heteroatoms. The van der Waals surface area contributed by atoms with E-state index in [0.29, 0.717) is 17.9 Å². The highest BCUT2D eigenvalue weighted by Crippen LogP contribution is 2.35. The molecule has 0 amide bonds. The third-order valence-corrected chi connectivity index (χ3v) is 4.47. The van der Waals surface area contributed by atoms with E-state index in [-0.39, 0.29) is 0 Å². The molecule has 5 nitrogen and oxygen atoms in total. The van der Waals surface area contributed by atoms with Crippen molar-refractivity contribution in [3.8, 4) is 0 Å². The molecular formula is C15H27N5. The number of rotatable bonds is 4. The van der Waals surface area contributed by atoms with E-state index in [9.17, 15) is 0 Å². The lowest BCUT2D eigenvalue weighted by Gasteiger charge is -2.38. The van der Waals surface area contributed by atoms with E-state index in [2.05, 4.69) is 48.1 Å². The highest BCUT2D eigenvalue weighted by Gasteiger charge is 2.28.